The number of thioether (sulfide) groups is 2. The average molecular weight is 985 g/mol. The molecule has 382 valence electrons. The van der Waals surface area contributed by atoms with E-state index in [0.29, 0.717) is 108 Å². The molecule has 0 unspecified atom stereocenters. The number of carbonyl (C=O) groups is 3. The molecule has 0 aromatic heterocycles. The number of benzene rings is 2. The maximum absolute atomic E-state index is 14.1. The van der Waals surface area contributed by atoms with Crippen molar-refractivity contribution in [3.05, 3.63) is 101 Å². The molecule has 20 heteroatoms. The number of allylic oxidation sites excluding steroid dienone is 2. The van der Waals surface area contributed by atoms with Crippen molar-refractivity contribution < 1.29 is 19.9 Å². The van der Waals surface area contributed by atoms with Crippen molar-refractivity contribution in [2.24, 2.45) is 61.3 Å². The number of nitrogens with two attached hydrogens (primary N) is 8. The van der Waals surface area contributed by atoms with Gasteiger partial charge in [-0.15, -0.1) is 36.7 Å². The van der Waals surface area contributed by atoms with Crippen LogP contribution < -0.4 is 67.1 Å². The number of amides is 3. The molecule has 18 nitrogen and oxygen atoms in total. The van der Waals surface area contributed by atoms with E-state index >= 15 is 0 Å². The standard InChI is InChI=1S/C44H72N14O3S2.C2H6.C2H4.H2O/c1-27(36(62-21-17-45)33(15-16-43(2,3)4)56-39(60)31(47)13-9-19-53-41(49)50)55-26-28-11-8-12-29(23-28)38(59)57-34-24-30(44(5,6)7)25-35(37(34)63-22-18-46)58-40(61)32(48)14-10-20-54-42(51)52;2*1-2;/h8,11-12,15-16,23-25,31-32,55H,1,9-10,13-14,17-22,26,45-48H2,2-7H3,(H,56,60)(H,57,59)(H,58,61)(H4,49,50,53)(H4,51,52,54);1-2H3;1-2H2;1H2/b16-15+,36-33-;;;/t31-,32-;;;/m0.../s1. The van der Waals surface area contributed by atoms with Gasteiger partial charge in [0, 0.05) is 55.5 Å². The average Bonchev–Trinajstić information content (AvgIpc) is 3.27. The first-order valence-electron chi connectivity index (χ1n) is 22.4. The molecule has 68 heavy (non-hydrogen) atoms. The third-order valence-electron chi connectivity index (χ3n) is 9.02. The van der Waals surface area contributed by atoms with E-state index in [1.54, 1.807) is 18.2 Å². The summed E-state index contributed by atoms with van der Waals surface area (Å²) in [6, 6.07) is 9.43. The smallest absolute Gasteiger partial charge is 0.255 e. The number of hydrogen-bond acceptors (Lipinski definition) is 12. The van der Waals surface area contributed by atoms with Crippen LogP contribution in [0.15, 0.2) is 99.5 Å². The second-order valence-electron chi connectivity index (χ2n) is 16.9. The van der Waals surface area contributed by atoms with Gasteiger partial charge in [0.05, 0.1) is 39.0 Å². The van der Waals surface area contributed by atoms with Crippen molar-refractivity contribution >= 4 is 64.5 Å². The Bertz CT molecular complexity index is 2000. The molecule has 0 radical (unpaired) electrons. The lowest BCUT2D eigenvalue weighted by Gasteiger charge is -2.25. The Hall–Kier alpha value is -5.35. The zero-order chi connectivity index (χ0) is 51.3. The quantitative estimate of drug-likeness (QED) is 0.0166. The van der Waals surface area contributed by atoms with Crippen LogP contribution in [0.4, 0.5) is 11.4 Å². The molecule has 0 aliphatic carbocycles. The van der Waals surface area contributed by atoms with Gasteiger partial charge >= 0.3 is 0 Å². The zero-order valence-electron chi connectivity index (χ0n) is 41.7. The number of hydrogen-bond donors (Lipinski definition) is 12. The Morgan fingerprint density at radius 2 is 1.32 bits per heavy atom. The summed E-state index contributed by atoms with van der Waals surface area (Å²) in [4.78, 5) is 50.1. The van der Waals surface area contributed by atoms with E-state index in [9.17, 15) is 14.4 Å². The fourth-order valence-corrected chi connectivity index (χ4v) is 7.31. The first-order chi connectivity index (χ1) is 31.6. The van der Waals surface area contributed by atoms with Crippen LogP contribution in [0.2, 0.25) is 0 Å². The van der Waals surface area contributed by atoms with Gasteiger partial charge in [-0.05, 0) is 78.0 Å². The Morgan fingerprint density at radius 3 is 1.82 bits per heavy atom. The van der Waals surface area contributed by atoms with Crippen LogP contribution in [0.3, 0.4) is 0 Å². The predicted octanol–water partition coefficient (Wildman–Crippen LogP) is 4.22. The summed E-state index contributed by atoms with van der Waals surface area (Å²) in [6.45, 7) is 28.4. The summed E-state index contributed by atoms with van der Waals surface area (Å²) in [5.74, 6) is -0.0469. The van der Waals surface area contributed by atoms with Gasteiger partial charge in [-0.2, -0.15) is 0 Å². The highest BCUT2D eigenvalue weighted by Crippen LogP contribution is 2.39. The number of nitrogens with one attached hydrogen (secondary N) is 4. The molecule has 22 N–H and O–H groups in total. The number of anilines is 2. The van der Waals surface area contributed by atoms with Crippen LogP contribution in [0.1, 0.15) is 103 Å². The lowest BCUT2D eigenvalue weighted by Crippen LogP contribution is -2.40. The van der Waals surface area contributed by atoms with E-state index in [4.69, 9.17) is 45.9 Å². The number of guanidine groups is 2. The summed E-state index contributed by atoms with van der Waals surface area (Å²) in [5, 5.41) is 12.5. The van der Waals surface area contributed by atoms with Crippen LogP contribution in [0.5, 0.6) is 0 Å². The lowest BCUT2D eigenvalue weighted by molar-refractivity contribution is -0.121. The van der Waals surface area contributed by atoms with E-state index in [1.807, 2.05) is 65.0 Å². The van der Waals surface area contributed by atoms with Crippen LogP contribution in [0, 0.1) is 5.41 Å². The molecule has 0 heterocycles. The van der Waals surface area contributed by atoms with E-state index in [-0.39, 0.29) is 45.9 Å². The first kappa shape index (κ1) is 64.7. The van der Waals surface area contributed by atoms with Gasteiger partial charge in [0.1, 0.15) is 0 Å². The van der Waals surface area contributed by atoms with Crippen molar-refractivity contribution in [2.75, 3.05) is 48.3 Å². The molecule has 2 aromatic rings. The van der Waals surface area contributed by atoms with E-state index in [1.165, 1.54) is 23.5 Å². The van der Waals surface area contributed by atoms with Crippen molar-refractivity contribution in [3.63, 3.8) is 0 Å². The third-order valence-corrected chi connectivity index (χ3v) is 11.4. The molecule has 2 aromatic carbocycles. The monoisotopic (exact) mass is 985 g/mol. The first-order valence-corrected chi connectivity index (χ1v) is 24.4. The predicted molar refractivity (Wildman–Crippen MR) is 291 cm³/mol. The molecule has 2 atom stereocenters. The van der Waals surface area contributed by atoms with E-state index in [0.717, 1.165) is 11.1 Å². The molecule has 0 spiro atoms. The molecule has 3 amide bonds. The third kappa shape index (κ3) is 25.7. The second-order valence-corrected chi connectivity index (χ2v) is 19.2. The Kier molecular flexibility index (Phi) is 32.4. The number of nitrogens with zero attached hydrogens (tertiary/aromatic N) is 2. The minimum absolute atomic E-state index is 0. The molecule has 0 saturated carbocycles. The van der Waals surface area contributed by atoms with Crippen LogP contribution in [-0.4, -0.2) is 84.9 Å². The Labute approximate surface area is 414 Å². The van der Waals surface area contributed by atoms with Crippen LogP contribution >= 0.6 is 23.5 Å². The summed E-state index contributed by atoms with van der Waals surface area (Å²) >= 11 is 2.87. The Balaban J connectivity index is 0. The highest BCUT2D eigenvalue weighted by Gasteiger charge is 2.24. The number of rotatable bonds is 25. The van der Waals surface area contributed by atoms with Crippen molar-refractivity contribution in [3.8, 4) is 0 Å². The minimum Gasteiger partial charge on any atom is -0.412 e. The van der Waals surface area contributed by atoms with Gasteiger partial charge in [0.2, 0.25) is 11.8 Å². The Morgan fingerprint density at radius 1 is 0.794 bits per heavy atom. The minimum atomic E-state index is -0.816. The fourth-order valence-electron chi connectivity index (χ4n) is 5.62. The zero-order valence-corrected chi connectivity index (χ0v) is 43.4. The van der Waals surface area contributed by atoms with E-state index < -0.39 is 12.1 Å². The molecule has 0 saturated heterocycles. The van der Waals surface area contributed by atoms with Gasteiger partial charge in [0.25, 0.3) is 5.91 Å². The van der Waals surface area contributed by atoms with Crippen LogP contribution in [0.25, 0.3) is 0 Å². The largest absolute Gasteiger partial charge is 0.412 e. The number of aliphatic imine (C=N–C) groups is 2. The molecule has 0 fully saturated rings. The van der Waals surface area contributed by atoms with Gasteiger partial charge in [-0.25, -0.2) is 0 Å². The molecule has 0 bridgehead atoms. The highest BCUT2D eigenvalue weighted by atomic mass is 32.2. The lowest BCUT2D eigenvalue weighted by atomic mass is 9.86. The highest BCUT2D eigenvalue weighted by molar-refractivity contribution is 8.03. The van der Waals surface area contributed by atoms with Crippen LogP contribution in [-0.2, 0) is 21.5 Å². The van der Waals surface area contributed by atoms with Gasteiger partial charge in [0.15, 0.2) is 11.9 Å². The molecular formula is C48H84N14O4S2. The summed E-state index contributed by atoms with van der Waals surface area (Å²) in [7, 11) is 0. The maximum atomic E-state index is 14.1. The molecule has 0 aliphatic heterocycles. The summed E-state index contributed by atoms with van der Waals surface area (Å²) in [5.41, 5.74) is 49.8. The molecular weight excluding hydrogens is 901 g/mol. The molecule has 0 aliphatic rings. The van der Waals surface area contributed by atoms with Crippen molar-refractivity contribution in [2.45, 2.75) is 110 Å². The van der Waals surface area contributed by atoms with Gasteiger partial charge in [-0.1, -0.05) is 80.2 Å². The summed E-state index contributed by atoms with van der Waals surface area (Å²) in [6.07, 6.45) is 5.64. The topological polar surface area (TPSA) is 364 Å². The van der Waals surface area contributed by atoms with Crippen molar-refractivity contribution in [1.29, 1.82) is 0 Å². The van der Waals surface area contributed by atoms with Gasteiger partial charge in [-0.3, -0.25) is 24.4 Å². The normalized spacial score (nSPS) is 12.2. The fraction of sp³-hybridized carbons (Fsp3) is 0.479. The number of carbonyl (C=O) groups excluding carboxylic acids is 3. The summed E-state index contributed by atoms with van der Waals surface area (Å²) < 4.78 is 0. The molecule has 2 rings (SSSR count). The van der Waals surface area contributed by atoms with Crippen molar-refractivity contribution in [1.82, 2.24) is 10.6 Å². The SMILES string of the molecule is C=C.C=C(NCc1cccc(C(=O)Nc2cc(C(C)(C)C)cc(NC(=O)[C@@H](N)CCCN=C(N)N)c2SCCN)c1)/C(SCCN)=C(\C=C\C(C)(C)C)NC(=O)[C@@H](N)CCCN=C(N)N.CC.O. The van der Waals surface area contributed by atoms with Gasteiger partial charge < -0.3 is 72.6 Å². The van der Waals surface area contributed by atoms with E-state index in [2.05, 4.69) is 71.8 Å². The maximum Gasteiger partial charge on any atom is 0.255 e. The second kappa shape index (κ2) is 34.0.